The van der Waals surface area contributed by atoms with E-state index in [0.717, 1.165) is 7.11 Å². The lowest BCUT2D eigenvalue weighted by Crippen LogP contribution is -2.43. The molecule has 31 heavy (non-hydrogen) atoms. The van der Waals surface area contributed by atoms with Crippen LogP contribution in [0.25, 0.3) is 0 Å². The molecule has 0 aromatic carbocycles. The molecule has 0 aromatic rings. The fraction of sp³-hybridized carbons (Fsp3) is 0.818. The van der Waals surface area contributed by atoms with Crippen molar-refractivity contribution in [2.24, 2.45) is 5.41 Å². The van der Waals surface area contributed by atoms with Crippen LogP contribution in [0.2, 0.25) is 0 Å². The lowest BCUT2D eigenvalue weighted by atomic mass is 10.0. The fourth-order valence-electron chi connectivity index (χ4n) is 1.14. The summed E-state index contributed by atoms with van der Waals surface area (Å²) in [6, 6.07) is -1.24. The molecule has 0 saturated carbocycles. The molecule has 0 rings (SSSR count). The predicted octanol–water partition coefficient (Wildman–Crippen LogP) is 3.77. The van der Waals surface area contributed by atoms with Crippen molar-refractivity contribution < 1.29 is 34.1 Å². The minimum absolute atomic E-state index is 0.176. The van der Waals surface area contributed by atoms with Gasteiger partial charge in [-0.05, 0) is 39.5 Å². The van der Waals surface area contributed by atoms with E-state index in [4.69, 9.17) is 14.9 Å². The predicted molar refractivity (Wildman–Crippen MR) is 125 cm³/mol. The number of ether oxygens (including phenoxy) is 1. The summed E-state index contributed by atoms with van der Waals surface area (Å²) in [5.74, 6) is -1.23. The summed E-state index contributed by atoms with van der Waals surface area (Å²) in [5, 5.41) is 20.3. The zero-order chi connectivity index (χ0) is 26.4. The van der Waals surface area contributed by atoms with Crippen LogP contribution in [0, 0.1) is 5.41 Å². The molecule has 2 atom stereocenters. The van der Waals surface area contributed by atoms with E-state index in [1.54, 1.807) is 34.6 Å². The van der Waals surface area contributed by atoms with Gasteiger partial charge in [-0.15, -0.1) is 0 Å². The smallest absolute Gasteiger partial charge is 0.408 e. The van der Waals surface area contributed by atoms with Crippen molar-refractivity contribution in [2.75, 3.05) is 7.11 Å². The van der Waals surface area contributed by atoms with Crippen LogP contribution in [0.3, 0.4) is 0 Å². The first-order valence-electron chi connectivity index (χ1n) is 10.3. The van der Waals surface area contributed by atoms with Gasteiger partial charge in [-0.25, -0.2) is 9.59 Å². The molecule has 0 aliphatic heterocycles. The van der Waals surface area contributed by atoms with Crippen molar-refractivity contribution in [3.63, 3.8) is 0 Å². The Hall–Kier alpha value is -2.16. The highest BCUT2D eigenvalue weighted by molar-refractivity contribution is 5.79. The summed E-state index contributed by atoms with van der Waals surface area (Å²) in [7, 11) is 1.00. The first kappa shape index (κ1) is 39.3. The number of aliphatic carboxylic acids is 1. The highest BCUT2D eigenvalue weighted by Crippen LogP contribution is 2.08. The Morgan fingerprint density at radius 1 is 0.968 bits per heavy atom. The van der Waals surface area contributed by atoms with Crippen molar-refractivity contribution in [1.29, 1.82) is 0 Å². The van der Waals surface area contributed by atoms with Crippen LogP contribution in [0.5, 0.6) is 0 Å². The van der Waals surface area contributed by atoms with Crippen LogP contribution in [-0.2, 0) is 19.1 Å². The number of hydrogen-bond acceptors (Lipinski definition) is 6. The number of hydrogen-bond donors (Lipinski definition) is 4. The number of carboxylic acids is 1. The van der Waals surface area contributed by atoms with Gasteiger partial charge in [-0.2, -0.15) is 0 Å². The van der Waals surface area contributed by atoms with Gasteiger partial charge >= 0.3 is 12.1 Å². The van der Waals surface area contributed by atoms with Gasteiger partial charge in [0.05, 0.1) is 6.04 Å². The third-order valence-corrected chi connectivity index (χ3v) is 2.03. The number of carboxylic acid groups (broad SMARTS) is 1. The first-order chi connectivity index (χ1) is 13.9. The van der Waals surface area contributed by atoms with Gasteiger partial charge in [-0.3, -0.25) is 4.79 Å². The van der Waals surface area contributed by atoms with Gasteiger partial charge < -0.3 is 30.4 Å². The molecule has 0 heterocycles. The van der Waals surface area contributed by atoms with E-state index in [1.165, 1.54) is 6.92 Å². The third-order valence-electron chi connectivity index (χ3n) is 2.03. The maximum absolute atomic E-state index is 11.1. The highest BCUT2D eigenvalue weighted by Gasteiger charge is 2.22. The second kappa shape index (κ2) is 22.5. The fourth-order valence-corrected chi connectivity index (χ4v) is 1.14. The quantitative estimate of drug-likeness (QED) is 0.465. The summed E-state index contributed by atoms with van der Waals surface area (Å²) < 4.78 is 4.91. The first-order valence-corrected chi connectivity index (χ1v) is 10.3. The molecule has 2 unspecified atom stereocenters. The SMILES string of the molecule is CC.CC(=O)NC(C)C=O.CC(C)(C)C.CCC(NC(=O)OC(C)(C)C)C(=O)O.CO. The molecule has 0 radical (unpaired) electrons. The Balaban J connectivity index is -0.000000112. The van der Waals surface area contributed by atoms with Crippen LogP contribution in [-0.4, -0.2) is 59.3 Å². The lowest BCUT2D eigenvalue weighted by molar-refractivity contribution is -0.139. The van der Waals surface area contributed by atoms with E-state index in [0.29, 0.717) is 18.1 Å². The number of carbonyl (C=O) groups excluding carboxylic acids is 3. The number of aliphatic hydroxyl groups is 1. The molecule has 0 saturated heterocycles. The molecule has 0 spiro atoms. The molecule has 0 aliphatic rings. The average Bonchev–Trinajstić information content (AvgIpc) is 2.60. The van der Waals surface area contributed by atoms with Gasteiger partial charge in [0, 0.05) is 14.0 Å². The van der Waals surface area contributed by atoms with Crippen molar-refractivity contribution in [1.82, 2.24) is 10.6 Å². The van der Waals surface area contributed by atoms with Gasteiger partial charge in [0.25, 0.3) is 0 Å². The summed E-state index contributed by atoms with van der Waals surface area (Å²) in [5.41, 5.74) is -0.110. The van der Waals surface area contributed by atoms with Crippen molar-refractivity contribution in [3.8, 4) is 0 Å². The number of carbonyl (C=O) groups is 4. The van der Waals surface area contributed by atoms with Gasteiger partial charge in [0.1, 0.15) is 17.9 Å². The van der Waals surface area contributed by atoms with E-state index in [-0.39, 0.29) is 11.9 Å². The molecule has 9 nitrogen and oxygen atoms in total. The number of rotatable bonds is 5. The Kier molecular flexibility index (Phi) is 28.6. The van der Waals surface area contributed by atoms with Crippen molar-refractivity contribution in [2.45, 2.75) is 107 Å². The zero-order valence-electron chi connectivity index (χ0n) is 21.9. The number of nitrogens with one attached hydrogen (secondary N) is 2. The molecule has 0 fully saturated rings. The third kappa shape index (κ3) is 52.4. The van der Waals surface area contributed by atoms with Crippen molar-refractivity contribution in [3.05, 3.63) is 0 Å². The van der Waals surface area contributed by atoms with E-state index in [9.17, 15) is 19.2 Å². The van der Waals surface area contributed by atoms with E-state index < -0.39 is 23.7 Å². The van der Waals surface area contributed by atoms with Crippen LogP contribution in [0.1, 0.15) is 89.5 Å². The van der Waals surface area contributed by atoms with Crippen LogP contribution in [0.4, 0.5) is 4.79 Å². The number of aldehydes is 1. The Morgan fingerprint density at radius 3 is 1.48 bits per heavy atom. The average molecular weight is 453 g/mol. The monoisotopic (exact) mass is 452 g/mol. The molecule has 0 aliphatic carbocycles. The van der Waals surface area contributed by atoms with E-state index >= 15 is 0 Å². The lowest BCUT2D eigenvalue weighted by Gasteiger charge is -2.21. The minimum atomic E-state index is -1.06. The Morgan fingerprint density at radius 2 is 1.32 bits per heavy atom. The van der Waals surface area contributed by atoms with E-state index in [2.05, 4.69) is 38.3 Å². The maximum Gasteiger partial charge on any atom is 0.408 e. The number of amides is 2. The van der Waals surface area contributed by atoms with Gasteiger partial charge in [0.2, 0.25) is 5.91 Å². The van der Waals surface area contributed by atoms with Crippen molar-refractivity contribution >= 4 is 24.3 Å². The molecule has 2 amide bonds. The molecule has 0 bridgehead atoms. The molecule has 0 aromatic heterocycles. The molecule has 4 N–H and O–H groups in total. The van der Waals surface area contributed by atoms with Gasteiger partial charge in [-0.1, -0.05) is 48.5 Å². The molecular formula is C22H48N2O7. The van der Waals surface area contributed by atoms with Crippen LogP contribution >= 0.6 is 0 Å². The second-order valence-corrected chi connectivity index (χ2v) is 8.57. The second-order valence-electron chi connectivity index (χ2n) is 8.57. The minimum Gasteiger partial charge on any atom is -0.480 e. The zero-order valence-corrected chi connectivity index (χ0v) is 21.9. The maximum atomic E-state index is 11.1. The van der Waals surface area contributed by atoms with E-state index in [1.807, 2.05) is 13.8 Å². The molecule has 9 heteroatoms. The summed E-state index contributed by atoms with van der Waals surface area (Å²) >= 11 is 0. The van der Waals surface area contributed by atoms with Crippen LogP contribution < -0.4 is 10.6 Å². The standard InChI is InChI=1S/C9H17NO4.C5H9NO2.C5H12.C2H6.CH4O/c1-5-6(7(11)12)10-8(13)14-9(2,3)4;1-4(3-7)6-5(2)8;1-5(2,3)4;2*1-2/h6H,5H2,1-4H3,(H,10,13)(H,11,12);3-4H,1-2H3,(H,6,8);1-4H3;1-2H3;2H,1H3. The molecule has 188 valence electrons. The summed E-state index contributed by atoms with van der Waals surface area (Å²) in [4.78, 5) is 41.7. The largest absolute Gasteiger partial charge is 0.480 e. The topological polar surface area (TPSA) is 142 Å². The number of aliphatic hydroxyl groups excluding tert-OH is 1. The Bertz CT molecular complexity index is 461. The normalized spacial score (nSPS) is 11.4. The highest BCUT2D eigenvalue weighted by atomic mass is 16.6. The molecular weight excluding hydrogens is 404 g/mol. The van der Waals surface area contributed by atoms with Gasteiger partial charge in [0.15, 0.2) is 0 Å². The van der Waals surface area contributed by atoms with Crippen LogP contribution in [0.15, 0.2) is 0 Å². The Labute approximate surface area is 189 Å². The summed E-state index contributed by atoms with van der Waals surface area (Å²) in [6.45, 7) is 22.6. The summed E-state index contributed by atoms with van der Waals surface area (Å²) in [6.07, 6.45) is 0.308. The number of alkyl carbamates (subject to hydrolysis) is 1.